The van der Waals surface area contributed by atoms with Crippen LogP contribution in [-0.4, -0.2) is 12.6 Å². The van der Waals surface area contributed by atoms with Crippen molar-refractivity contribution >= 4 is 11.6 Å². The molecule has 0 aliphatic heterocycles. The predicted octanol–water partition coefficient (Wildman–Crippen LogP) is 2.07. The first-order valence-electron chi connectivity index (χ1n) is 3.82. The monoisotopic (exact) mass is 185 g/mol. The molecule has 1 aromatic rings. The summed E-state index contributed by atoms with van der Waals surface area (Å²) in [5, 5.41) is 0.678. The average Bonchev–Trinajstić information content (AvgIpc) is 2.01. The summed E-state index contributed by atoms with van der Waals surface area (Å²) in [7, 11) is 0. The number of hydrogen-bond donors (Lipinski definition) is 1. The fourth-order valence-corrected chi connectivity index (χ4v) is 0.965. The zero-order valence-electron chi connectivity index (χ0n) is 6.96. The second-order valence-electron chi connectivity index (χ2n) is 2.75. The summed E-state index contributed by atoms with van der Waals surface area (Å²) in [4.78, 5) is 0. The Morgan fingerprint density at radius 2 is 2.33 bits per heavy atom. The van der Waals surface area contributed by atoms with E-state index in [0.29, 0.717) is 11.6 Å². The minimum atomic E-state index is 0.0454. The third-order valence-electron chi connectivity index (χ3n) is 1.31. The largest absolute Gasteiger partial charge is 0.492 e. The van der Waals surface area contributed by atoms with Crippen molar-refractivity contribution in [3.8, 4) is 5.75 Å². The van der Waals surface area contributed by atoms with E-state index in [1.807, 2.05) is 19.1 Å². The van der Waals surface area contributed by atoms with Crippen molar-refractivity contribution in [1.29, 1.82) is 0 Å². The lowest BCUT2D eigenvalue weighted by molar-refractivity contribution is 0.296. The molecule has 0 bridgehead atoms. The molecule has 0 aliphatic carbocycles. The van der Waals surface area contributed by atoms with Crippen molar-refractivity contribution in [1.82, 2.24) is 0 Å². The van der Waals surface area contributed by atoms with Crippen LogP contribution in [0.5, 0.6) is 5.75 Å². The third-order valence-corrected chi connectivity index (χ3v) is 1.54. The van der Waals surface area contributed by atoms with Gasteiger partial charge < -0.3 is 10.5 Å². The second kappa shape index (κ2) is 4.33. The van der Waals surface area contributed by atoms with Gasteiger partial charge in [-0.2, -0.15) is 0 Å². The summed E-state index contributed by atoms with van der Waals surface area (Å²) in [6.45, 7) is 2.41. The second-order valence-corrected chi connectivity index (χ2v) is 3.18. The van der Waals surface area contributed by atoms with Crippen LogP contribution in [0.4, 0.5) is 0 Å². The Labute approximate surface area is 77.3 Å². The zero-order valence-corrected chi connectivity index (χ0v) is 7.71. The van der Waals surface area contributed by atoms with E-state index in [4.69, 9.17) is 22.1 Å². The van der Waals surface area contributed by atoms with Crippen LogP contribution in [0, 0.1) is 0 Å². The maximum Gasteiger partial charge on any atom is 0.120 e. The van der Waals surface area contributed by atoms with Gasteiger partial charge >= 0.3 is 0 Å². The Hall–Kier alpha value is -0.730. The fraction of sp³-hybridized carbons (Fsp3) is 0.333. The number of benzene rings is 1. The van der Waals surface area contributed by atoms with Gasteiger partial charge in [-0.3, -0.25) is 0 Å². The van der Waals surface area contributed by atoms with E-state index in [1.54, 1.807) is 12.1 Å². The summed E-state index contributed by atoms with van der Waals surface area (Å²) in [5.74, 6) is 0.764. The molecule has 0 saturated carbocycles. The number of rotatable bonds is 3. The van der Waals surface area contributed by atoms with E-state index in [1.165, 1.54) is 0 Å². The van der Waals surface area contributed by atoms with Gasteiger partial charge in [0.25, 0.3) is 0 Å². The topological polar surface area (TPSA) is 35.2 Å². The minimum Gasteiger partial charge on any atom is -0.492 e. The molecule has 0 amide bonds. The molecule has 1 atom stereocenters. The smallest absolute Gasteiger partial charge is 0.120 e. The van der Waals surface area contributed by atoms with E-state index in [2.05, 4.69) is 0 Å². The molecule has 0 spiro atoms. The summed E-state index contributed by atoms with van der Waals surface area (Å²) in [6.07, 6.45) is 0. The van der Waals surface area contributed by atoms with Gasteiger partial charge in [0.2, 0.25) is 0 Å². The van der Waals surface area contributed by atoms with Gasteiger partial charge in [0.1, 0.15) is 12.4 Å². The first kappa shape index (κ1) is 9.36. The highest BCUT2D eigenvalue weighted by Gasteiger charge is 1.96. The van der Waals surface area contributed by atoms with E-state index in [0.717, 1.165) is 5.75 Å². The highest BCUT2D eigenvalue weighted by molar-refractivity contribution is 6.30. The van der Waals surface area contributed by atoms with Crippen molar-refractivity contribution in [3.63, 3.8) is 0 Å². The lowest BCUT2D eigenvalue weighted by atomic mass is 10.3. The van der Waals surface area contributed by atoms with E-state index < -0.39 is 0 Å². The molecule has 0 radical (unpaired) electrons. The quantitative estimate of drug-likeness (QED) is 0.783. The lowest BCUT2D eigenvalue weighted by Crippen LogP contribution is -2.23. The molecule has 0 aliphatic rings. The summed E-state index contributed by atoms with van der Waals surface area (Å²) < 4.78 is 5.34. The lowest BCUT2D eigenvalue weighted by Gasteiger charge is -2.08. The van der Waals surface area contributed by atoms with Crippen molar-refractivity contribution in [2.75, 3.05) is 6.61 Å². The first-order chi connectivity index (χ1) is 5.68. The molecule has 66 valence electrons. The molecule has 0 saturated heterocycles. The SMILES string of the molecule is CC(N)COc1cccc(Cl)c1. The third kappa shape index (κ3) is 3.11. The molecule has 0 heterocycles. The first-order valence-corrected chi connectivity index (χ1v) is 4.20. The van der Waals surface area contributed by atoms with Crippen molar-refractivity contribution in [2.24, 2.45) is 5.73 Å². The summed E-state index contributed by atoms with van der Waals surface area (Å²) in [5.41, 5.74) is 5.52. The summed E-state index contributed by atoms with van der Waals surface area (Å²) in [6, 6.07) is 7.32. The van der Waals surface area contributed by atoms with Crippen molar-refractivity contribution in [2.45, 2.75) is 13.0 Å². The molecule has 0 fully saturated rings. The van der Waals surface area contributed by atoms with Gasteiger partial charge in [-0.25, -0.2) is 0 Å². The van der Waals surface area contributed by atoms with E-state index in [-0.39, 0.29) is 6.04 Å². The normalized spacial score (nSPS) is 12.6. The zero-order chi connectivity index (χ0) is 8.97. The molecular weight excluding hydrogens is 174 g/mol. The standard InChI is InChI=1S/C9H12ClNO/c1-7(11)6-12-9-4-2-3-8(10)5-9/h2-5,7H,6,11H2,1H3. The van der Waals surface area contributed by atoms with Crippen molar-refractivity contribution < 1.29 is 4.74 Å². The van der Waals surface area contributed by atoms with Gasteiger partial charge in [-0.05, 0) is 25.1 Å². The number of ether oxygens (including phenoxy) is 1. The molecule has 12 heavy (non-hydrogen) atoms. The Kier molecular flexibility index (Phi) is 3.38. The molecule has 2 nitrogen and oxygen atoms in total. The number of nitrogens with two attached hydrogens (primary N) is 1. The van der Waals surface area contributed by atoms with Crippen molar-refractivity contribution in [3.05, 3.63) is 29.3 Å². The van der Waals surface area contributed by atoms with Gasteiger partial charge in [0.15, 0.2) is 0 Å². The van der Waals surface area contributed by atoms with Crippen LogP contribution in [0.1, 0.15) is 6.92 Å². The number of hydrogen-bond acceptors (Lipinski definition) is 2. The highest BCUT2D eigenvalue weighted by Crippen LogP contribution is 2.16. The fourth-order valence-electron chi connectivity index (χ4n) is 0.784. The average molecular weight is 186 g/mol. The van der Waals surface area contributed by atoms with Gasteiger partial charge in [-0.15, -0.1) is 0 Å². The van der Waals surface area contributed by atoms with Crippen LogP contribution in [0.2, 0.25) is 5.02 Å². The van der Waals surface area contributed by atoms with Crippen LogP contribution < -0.4 is 10.5 Å². The van der Waals surface area contributed by atoms with Crippen LogP contribution in [0.3, 0.4) is 0 Å². The maximum atomic E-state index is 5.75. The number of halogens is 1. The molecule has 1 rings (SSSR count). The minimum absolute atomic E-state index is 0.0454. The molecular formula is C9H12ClNO. The van der Waals surface area contributed by atoms with Crippen LogP contribution in [0.15, 0.2) is 24.3 Å². The Balaban J connectivity index is 2.52. The van der Waals surface area contributed by atoms with Gasteiger partial charge in [-0.1, -0.05) is 17.7 Å². The molecule has 2 N–H and O–H groups in total. The predicted molar refractivity (Wildman–Crippen MR) is 50.6 cm³/mol. The highest BCUT2D eigenvalue weighted by atomic mass is 35.5. The molecule has 0 aromatic heterocycles. The molecule has 1 unspecified atom stereocenters. The van der Waals surface area contributed by atoms with Crippen LogP contribution in [0.25, 0.3) is 0 Å². The van der Waals surface area contributed by atoms with Gasteiger partial charge in [0, 0.05) is 11.1 Å². The van der Waals surface area contributed by atoms with Crippen LogP contribution in [-0.2, 0) is 0 Å². The van der Waals surface area contributed by atoms with Crippen LogP contribution >= 0.6 is 11.6 Å². The maximum absolute atomic E-state index is 5.75. The van der Waals surface area contributed by atoms with Gasteiger partial charge in [0.05, 0.1) is 0 Å². The van der Waals surface area contributed by atoms with E-state index in [9.17, 15) is 0 Å². The molecule has 1 aromatic carbocycles. The molecule has 3 heteroatoms. The Morgan fingerprint density at radius 3 is 2.92 bits per heavy atom. The van der Waals surface area contributed by atoms with E-state index >= 15 is 0 Å². The Morgan fingerprint density at radius 1 is 1.58 bits per heavy atom. The summed E-state index contributed by atoms with van der Waals surface area (Å²) >= 11 is 5.75. The Bertz CT molecular complexity index is 250.